The summed E-state index contributed by atoms with van der Waals surface area (Å²) in [5, 5.41) is 12.0. The number of rotatable bonds is 2. The van der Waals surface area contributed by atoms with Gasteiger partial charge in [0.2, 0.25) is 0 Å². The average Bonchev–Trinajstić information content (AvgIpc) is 2.15. The quantitative estimate of drug-likeness (QED) is 0.623. The van der Waals surface area contributed by atoms with Crippen LogP contribution in [-0.4, -0.2) is 5.26 Å². The predicted octanol–water partition coefficient (Wildman–Crippen LogP) is 4.07. The molecule has 0 amide bonds. The van der Waals surface area contributed by atoms with Gasteiger partial charge in [-0.25, -0.2) is 5.26 Å². The summed E-state index contributed by atoms with van der Waals surface area (Å²) in [7, 11) is 0. The molecule has 0 radical (unpaired) electrons. The number of hydrogen-bond donors (Lipinski definition) is 1. The molecule has 0 aliphatic heterocycles. The third-order valence-electron chi connectivity index (χ3n) is 2.74. The zero-order valence-electron chi connectivity index (χ0n) is 11.5. The van der Waals surface area contributed by atoms with Crippen LogP contribution in [0, 0.1) is 0 Å². The van der Waals surface area contributed by atoms with E-state index in [-0.39, 0.29) is 10.8 Å². The van der Waals surface area contributed by atoms with Crippen LogP contribution < -0.4 is 4.89 Å². The molecule has 0 heterocycles. The van der Waals surface area contributed by atoms with Gasteiger partial charge in [0.15, 0.2) is 5.75 Å². The molecule has 0 atom stereocenters. The lowest BCUT2D eigenvalue weighted by Gasteiger charge is -2.30. The van der Waals surface area contributed by atoms with E-state index in [1.807, 2.05) is 12.1 Å². The second kappa shape index (κ2) is 4.67. The molecule has 96 valence electrons. The van der Waals surface area contributed by atoms with Crippen molar-refractivity contribution in [2.45, 2.75) is 52.4 Å². The Hall–Kier alpha value is -1.06. The Morgan fingerprint density at radius 3 is 1.82 bits per heavy atom. The Morgan fingerprint density at radius 1 is 0.882 bits per heavy atom. The molecule has 3 heteroatoms. The molecule has 0 saturated heterocycles. The normalized spacial score (nSPS) is 12.6. The average molecular weight is 238 g/mol. The van der Waals surface area contributed by atoms with E-state index < -0.39 is 0 Å². The Balaban J connectivity index is 3.33. The summed E-state index contributed by atoms with van der Waals surface area (Å²) < 4.78 is 0. The van der Waals surface area contributed by atoms with Crippen LogP contribution in [0.15, 0.2) is 18.2 Å². The SMILES string of the molecule is CC(C)(C)c1ccc(OOO)cc1C(C)(C)C. The van der Waals surface area contributed by atoms with Gasteiger partial charge in [0.1, 0.15) is 0 Å². The Labute approximate surface area is 103 Å². The lowest BCUT2D eigenvalue weighted by molar-refractivity contribution is -0.438. The molecule has 1 rings (SSSR count). The first kappa shape index (κ1) is 14.0. The first-order chi connectivity index (χ1) is 7.66. The highest BCUT2D eigenvalue weighted by atomic mass is 17.5. The minimum atomic E-state index is 0.0113. The smallest absolute Gasteiger partial charge is 0.169 e. The summed E-state index contributed by atoms with van der Waals surface area (Å²) in [4.78, 5) is 4.66. The van der Waals surface area contributed by atoms with Gasteiger partial charge in [-0.1, -0.05) is 47.6 Å². The molecule has 1 aromatic rings. The van der Waals surface area contributed by atoms with Crippen LogP contribution in [0.4, 0.5) is 0 Å². The molecule has 0 bridgehead atoms. The van der Waals surface area contributed by atoms with E-state index in [0.29, 0.717) is 5.75 Å². The highest BCUT2D eigenvalue weighted by Crippen LogP contribution is 2.36. The second-order valence-electron chi connectivity index (χ2n) is 6.37. The highest BCUT2D eigenvalue weighted by Gasteiger charge is 2.25. The van der Waals surface area contributed by atoms with E-state index >= 15 is 0 Å². The third kappa shape index (κ3) is 3.45. The standard InChI is InChI=1S/C14H22O3/c1-13(2,3)11-8-7-10(16-17-15)9-12(11)14(4,5)6/h7-9,15H,1-6H3. The van der Waals surface area contributed by atoms with Crippen LogP contribution in [0.2, 0.25) is 0 Å². The minimum absolute atomic E-state index is 0.0113. The van der Waals surface area contributed by atoms with Crippen LogP contribution in [0.25, 0.3) is 0 Å². The van der Waals surface area contributed by atoms with E-state index in [1.165, 1.54) is 11.1 Å². The van der Waals surface area contributed by atoms with E-state index in [9.17, 15) is 0 Å². The largest absolute Gasteiger partial charge is 0.308 e. The van der Waals surface area contributed by atoms with Gasteiger partial charge in [-0.2, -0.15) is 0 Å². The van der Waals surface area contributed by atoms with Gasteiger partial charge in [0.25, 0.3) is 0 Å². The van der Waals surface area contributed by atoms with Gasteiger partial charge in [0, 0.05) is 0 Å². The van der Waals surface area contributed by atoms with Crippen molar-refractivity contribution in [1.82, 2.24) is 0 Å². The Bertz CT molecular complexity index is 383. The molecule has 1 N–H and O–H groups in total. The maximum atomic E-state index is 8.32. The lowest BCUT2D eigenvalue weighted by atomic mass is 9.75. The molecule has 3 nitrogen and oxygen atoms in total. The van der Waals surface area contributed by atoms with Gasteiger partial charge in [-0.05, 0) is 39.1 Å². The maximum Gasteiger partial charge on any atom is 0.169 e. The van der Waals surface area contributed by atoms with Crippen molar-refractivity contribution < 1.29 is 15.2 Å². The van der Waals surface area contributed by atoms with Crippen LogP contribution in [-0.2, 0) is 15.9 Å². The second-order valence-corrected chi connectivity index (χ2v) is 6.37. The van der Waals surface area contributed by atoms with E-state index in [1.54, 1.807) is 6.07 Å². The fourth-order valence-corrected chi connectivity index (χ4v) is 1.89. The van der Waals surface area contributed by atoms with E-state index in [4.69, 9.17) is 5.26 Å². The van der Waals surface area contributed by atoms with Gasteiger partial charge < -0.3 is 4.89 Å². The molecule has 0 saturated carbocycles. The zero-order chi connectivity index (χ0) is 13.3. The molecule has 0 aromatic heterocycles. The maximum absolute atomic E-state index is 8.32. The van der Waals surface area contributed by atoms with Crippen molar-refractivity contribution >= 4 is 0 Å². The van der Waals surface area contributed by atoms with Crippen LogP contribution >= 0.6 is 0 Å². The fraction of sp³-hybridized carbons (Fsp3) is 0.571. The number of hydrogen-bond acceptors (Lipinski definition) is 3. The van der Waals surface area contributed by atoms with Gasteiger partial charge in [-0.15, -0.1) is 0 Å². The van der Waals surface area contributed by atoms with E-state index in [0.717, 1.165) is 0 Å². The molecular formula is C14H22O3. The first-order valence-corrected chi connectivity index (χ1v) is 5.79. The van der Waals surface area contributed by atoms with Crippen LogP contribution in [0.1, 0.15) is 52.7 Å². The van der Waals surface area contributed by atoms with Gasteiger partial charge >= 0.3 is 0 Å². The number of benzene rings is 1. The summed E-state index contributed by atoms with van der Waals surface area (Å²) in [6, 6.07) is 5.73. The molecular weight excluding hydrogens is 216 g/mol. The van der Waals surface area contributed by atoms with Gasteiger partial charge in [-0.3, -0.25) is 0 Å². The summed E-state index contributed by atoms with van der Waals surface area (Å²) >= 11 is 0. The topological polar surface area (TPSA) is 38.7 Å². The monoisotopic (exact) mass is 238 g/mol. The molecule has 17 heavy (non-hydrogen) atoms. The van der Waals surface area contributed by atoms with Crippen molar-refractivity contribution in [2.75, 3.05) is 0 Å². The van der Waals surface area contributed by atoms with Crippen molar-refractivity contribution in [3.8, 4) is 5.75 Å². The third-order valence-corrected chi connectivity index (χ3v) is 2.74. The van der Waals surface area contributed by atoms with Crippen molar-refractivity contribution in [3.05, 3.63) is 29.3 Å². The lowest BCUT2D eigenvalue weighted by Crippen LogP contribution is -2.21. The molecule has 0 fully saturated rings. The molecule has 1 aromatic carbocycles. The summed E-state index contributed by atoms with van der Waals surface area (Å²) in [5.74, 6) is 0.505. The van der Waals surface area contributed by atoms with Crippen molar-refractivity contribution in [1.29, 1.82) is 0 Å². The molecule has 0 spiro atoms. The van der Waals surface area contributed by atoms with E-state index in [2.05, 4.69) is 51.5 Å². The summed E-state index contributed by atoms with van der Waals surface area (Å²) in [5.41, 5.74) is 2.55. The minimum Gasteiger partial charge on any atom is -0.308 e. The van der Waals surface area contributed by atoms with Crippen molar-refractivity contribution in [2.24, 2.45) is 0 Å². The Morgan fingerprint density at radius 2 is 1.41 bits per heavy atom. The summed E-state index contributed by atoms with van der Waals surface area (Å²) in [6.07, 6.45) is 0. The Kier molecular flexibility index (Phi) is 3.84. The molecule has 0 aliphatic rings. The van der Waals surface area contributed by atoms with Crippen LogP contribution in [0.5, 0.6) is 5.75 Å². The predicted molar refractivity (Wildman–Crippen MR) is 68.2 cm³/mol. The van der Waals surface area contributed by atoms with Gasteiger partial charge in [0.05, 0.1) is 0 Å². The van der Waals surface area contributed by atoms with Crippen LogP contribution in [0.3, 0.4) is 0 Å². The first-order valence-electron chi connectivity index (χ1n) is 5.79. The molecule has 0 unspecified atom stereocenters. The highest BCUT2D eigenvalue weighted by molar-refractivity contribution is 5.42. The molecule has 0 aliphatic carbocycles. The zero-order valence-corrected chi connectivity index (χ0v) is 11.5. The van der Waals surface area contributed by atoms with Crippen molar-refractivity contribution in [3.63, 3.8) is 0 Å². The summed E-state index contributed by atoms with van der Waals surface area (Å²) in [6.45, 7) is 13.0. The fourth-order valence-electron chi connectivity index (χ4n) is 1.89.